The smallest absolute Gasteiger partial charge is 0.407 e. The van der Waals surface area contributed by atoms with Crippen LogP contribution in [0.2, 0.25) is 0 Å². The quantitative estimate of drug-likeness (QED) is 0.649. The maximum Gasteiger partial charge on any atom is 0.407 e. The molecule has 0 aliphatic rings. The first-order valence-corrected chi connectivity index (χ1v) is 8.94. The van der Waals surface area contributed by atoms with E-state index in [2.05, 4.69) is 10.6 Å². The monoisotopic (exact) mass is 370 g/mol. The number of amides is 2. The van der Waals surface area contributed by atoms with Crippen LogP contribution in [0.3, 0.4) is 0 Å². The van der Waals surface area contributed by atoms with Gasteiger partial charge in [-0.15, -0.1) is 0 Å². The van der Waals surface area contributed by atoms with Gasteiger partial charge in [0.15, 0.2) is 11.6 Å². The molecule has 7 nitrogen and oxygen atoms in total. The summed E-state index contributed by atoms with van der Waals surface area (Å²) in [6, 6.07) is -0.583. The van der Waals surface area contributed by atoms with Crippen LogP contribution in [0.15, 0.2) is 0 Å². The number of Topliss-reactive ketones (excluding diaryl/α,β-unsaturated/α-hetero) is 2. The zero-order valence-corrected chi connectivity index (χ0v) is 17.3. The van der Waals surface area contributed by atoms with Crippen LogP contribution in [0.4, 0.5) is 4.79 Å². The number of ketones is 2. The Bertz CT molecular complexity index is 533. The summed E-state index contributed by atoms with van der Waals surface area (Å²) in [7, 11) is 0. The second kappa shape index (κ2) is 9.69. The Hall–Kier alpha value is -1.92. The molecule has 0 aromatic carbocycles. The molecule has 0 radical (unpaired) electrons. The minimum atomic E-state index is -0.765. The Morgan fingerprint density at radius 3 is 1.96 bits per heavy atom. The molecular formula is C19H34N2O5. The van der Waals surface area contributed by atoms with E-state index in [1.165, 1.54) is 6.92 Å². The molecule has 0 unspecified atom stereocenters. The highest BCUT2D eigenvalue weighted by molar-refractivity contribution is 5.92. The maximum atomic E-state index is 12.7. The lowest BCUT2D eigenvalue weighted by atomic mass is 9.78. The van der Waals surface area contributed by atoms with E-state index in [9.17, 15) is 19.2 Å². The van der Waals surface area contributed by atoms with Gasteiger partial charge in [0.1, 0.15) is 0 Å². The van der Waals surface area contributed by atoms with E-state index in [0.717, 1.165) is 0 Å². The second-order valence-corrected chi connectivity index (χ2v) is 8.58. The van der Waals surface area contributed by atoms with Gasteiger partial charge in [-0.1, -0.05) is 48.5 Å². The van der Waals surface area contributed by atoms with E-state index >= 15 is 0 Å². The van der Waals surface area contributed by atoms with Gasteiger partial charge in [0, 0.05) is 17.8 Å². The summed E-state index contributed by atoms with van der Waals surface area (Å²) in [6.45, 7) is 13.9. The van der Waals surface area contributed by atoms with Crippen molar-refractivity contribution in [2.45, 2.75) is 67.9 Å². The number of hydrogen-bond donors (Lipinski definition) is 2. The van der Waals surface area contributed by atoms with Gasteiger partial charge in [-0.25, -0.2) is 4.79 Å². The van der Waals surface area contributed by atoms with Crippen LogP contribution in [0.5, 0.6) is 0 Å². The second-order valence-electron chi connectivity index (χ2n) is 8.58. The zero-order valence-electron chi connectivity index (χ0n) is 17.3. The number of nitrogens with one attached hydrogen (secondary N) is 2. The molecule has 0 saturated heterocycles. The Morgan fingerprint density at radius 2 is 1.54 bits per heavy atom. The van der Waals surface area contributed by atoms with Gasteiger partial charge in [-0.05, 0) is 12.3 Å². The van der Waals surface area contributed by atoms with Crippen molar-refractivity contribution in [3.05, 3.63) is 0 Å². The minimum absolute atomic E-state index is 0.0408. The summed E-state index contributed by atoms with van der Waals surface area (Å²) < 4.78 is 5.07. The van der Waals surface area contributed by atoms with Gasteiger partial charge in [-0.3, -0.25) is 14.4 Å². The lowest BCUT2D eigenvalue weighted by molar-refractivity contribution is -0.134. The SMILES string of the molecule is CC(=O)N[C@H](C(=O)C(C)(C)CCOC(=O)NCC(=O)C(C)(C)C)C(C)C. The molecule has 0 aliphatic heterocycles. The molecule has 0 spiro atoms. The molecule has 1 atom stereocenters. The Morgan fingerprint density at radius 1 is 1.00 bits per heavy atom. The first-order valence-electron chi connectivity index (χ1n) is 8.94. The molecule has 0 aliphatic carbocycles. The zero-order chi connectivity index (χ0) is 20.7. The predicted molar refractivity (Wildman–Crippen MR) is 99.7 cm³/mol. The summed E-state index contributed by atoms with van der Waals surface area (Å²) in [4.78, 5) is 47.5. The number of hydrogen-bond acceptors (Lipinski definition) is 5. The van der Waals surface area contributed by atoms with Gasteiger partial charge in [0.25, 0.3) is 0 Å². The first kappa shape index (κ1) is 24.1. The molecule has 0 aromatic rings. The highest BCUT2D eigenvalue weighted by Gasteiger charge is 2.35. The molecule has 0 heterocycles. The van der Waals surface area contributed by atoms with Crippen LogP contribution >= 0.6 is 0 Å². The van der Waals surface area contributed by atoms with Gasteiger partial charge in [-0.2, -0.15) is 0 Å². The third-order valence-electron chi connectivity index (χ3n) is 4.16. The van der Waals surface area contributed by atoms with Crippen molar-refractivity contribution >= 4 is 23.6 Å². The van der Waals surface area contributed by atoms with E-state index in [4.69, 9.17) is 4.74 Å². The molecule has 0 saturated carbocycles. The summed E-state index contributed by atoms with van der Waals surface area (Å²) in [6.07, 6.45) is -0.372. The normalized spacial score (nSPS) is 13.1. The van der Waals surface area contributed by atoms with Crippen molar-refractivity contribution in [3.63, 3.8) is 0 Å². The Labute approximate surface area is 156 Å². The molecule has 0 aromatic heterocycles. The summed E-state index contributed by atoms with van der Waals surface area (Å²) in [5, 5.41) is 5.10. The lowest BCUT2D eigenvalue weighted by Gasteiger charge is -2.30. The molecule has 26 heavy (non-hydrogen) atoms. The predicted octanol–water partition coefficient (Wildman–Crippen LogP) is 2.47. The molecule has 0 bridgehead atoms. The van der Waals surface area contributed by atoms with Gasteiger partial charge in [0.05, 0.1) is 19.2 Å². The number of ether oxygens (including phenoxy) is 1. The van der Waals surface area contributed by atoms with Crippen molar-refractivity contribution in [1.82, 2.24) is 10.6 Å². The fraction of sp³-hybridized carbons (Fsp3) is 0.789. The van der Waals surface area contributed by atoms with Crippen LogP contribution in [0.25, 0.3) is 0 Å². The van der Waals surface area contributed by atoms with Gasteiger partial charge < -0.3 is 15.4 Å². The van der Waals surface area contributed by atoms with E-state index in [1.807, 2.05) is 13.8 Å². The third kappa shape index (κ3) is 8.45. The minimum Gasteiger partial charge on any atom is -0.450 e. The largest absolute Gasteiger partial charge is 0.450 e. The number of rotatable bonds is 9. The summed E-state index contributed by atoms with van der Waals surface area (Å²) in [5.74, 6) is -0.500. The van der Waals surface area contributed by atoms with Crippen molar-refractivity contribution in [1.29, 1.82) is 0 Å². The molecule has 0 rings (SSSR count). The van der Waals surface area contributed by atoms with Crippen LogP contribution < -0.4 is 10.6 Å². The molecule has 7 heteroatoms. The van der Waals surface area contributed by atoms with Crippen molar-refractivity contribution in [2.75, 3.05) is 13.2 Å². The Kier molecular flexibility index (Phi) is 8.97. The number of alkyl carbamates (subject to hydrolysis) is 1. The van der Waals surface area contributed by atoms with Crippen LogP contribution in [0, 0.1) is 16.7 Å². The van der Waals surface area contributed by atoms with Crippen LogP contribution in [-0.4, -0.2) is 42.8 Å². The van der Waals surface area contributed by atoms with Crippen LogP contribution in [-0.2, 0) is 19.1 Å². The first-order chi connectivity index (χ1) is 11.7. The van der Waals surface area contributed by atoms with E-state index in [-0.39, 0.29) is 36.5 Å². The number of carbonyl (C=O) groups excluding carboxylic acids is 4. The third-order valence-corrected chi connectivity index (χ3v) is 4.16. The highest BCUT2D eigenvalue weighted by Crippen LogP contribution is 2.25. The van der Waals surface area contributed by atoms with E-state index in [0.29, 0.717) is 6.42 Å². The van der Waals surface area contributed by atoms with Gasteiger partial charge >= 0.3 is 6.09 Å². The highest BCUT2D eigenvalue weighted by atomic mass is 16.5. The molecular weight excluding hydrogens is 336 g/mol. The van der Waals surface area contributed by atoms with Crippen molar-refractivity contribution < 1.29 is 23.9 Å². The number of carbonyl (C=O) groups is 4. The summed E-state index contributed by atoms with van der Waals surface area (Å²) in [5.41, 5.74) is -1.30. The van der Waals surface area contributed by atoms with Crippen LogP contribution in [0.1, 0.15) is 61.8 Å². The van der Waals surface area contributed by atoms with Crippen molar-refractivity contribution in [3.8, 4) is 0 Å². The fourth-order valence-electron chi connectivity index (χ4n) is 2.17. The molecule has 150 valence electrons. The molecule has 2 N–H and O–H groups in total. The average molecular weight is 370 g/mol. The average Bonchev–Trinajstić information content (AvgIpc) is 2.47. The Balaban J connectivity index is 4.54. The van der Waals surface area contributed by atoms with E-state index in [1.54, 1.807) is 34.6 Å². The summed E-state index contributed by atoms with van der Waals surface area (Å²) >= 11 is 0. The standard InChI is InChI=1S/C19H34N2O5/c1-12(2)15(21-13(3)22)16(24)19(7,8)9-10-26-17(25)20-11-14(23)18(4,5)6/h12,15H,9-11H2,1-8H3,(H,20,25)(H,21,22)/t15-/m0/s1. The fourth-order valence-corrected chi connectivity index (χ4v) is 2.17. The topological polar surface area (TPSA) is 102 Å². The van der Waals surface area contributed by atoms with E-state index < -0.39 is 23.0 Å². The van der Waals surface area contributed by atoms with Crippen molar-refractivity contribution in [2.24, 2.45) is 16.7 Å². The lowest BCUT2D eigenvalue weighted by Crippen LogP contribution is -2.49. The van der Waals surface area contributed by atoms with Gasteiger partial charge in [0.2, 0.25) is 5.91 Å². The maximum absolute atomic E-state index is 12.7. The molecule has 0 fully saturated rings. The molecule has 2 amide bonds.